The minimum absolute atomic E-state index is 0.126. The Morgan fingerprint density at radius 3 is 2.67 bits per heavy atom. The van der Waals surface area contributed by atoms with Gasteiger partial charge < -0.3 is 10.6 Å². The van der Waals surface area contributed by atoms with Crippen molar-refractivity contribution in [1.82, 2.24) is 5.32 Å². The van der Waals surface area contributed by atoms with Crippen molar-refractivity contribution in [3.05, 3.63) is 29.8 Å². The summed E-state index contributed by atoms with van der Waals surface area (Å²) in [6, 6.07) is 8.13. The highest BCUT2D eigenvalue weighted by Crippen LogP contribution is 2.18. The molecule has 0 saturated carbocycles. The van der Waals surface area contributed by atoms with Gasteiger partial charge in [-0.05, 0) is 49.0 Å². The molecule has 0 spiro atoms. The fourth-order valence-electron chi connectivity index (χ4n) is 2.31. The smallest absolute Gasteiger partial charge is 0.224 e. The second-order valence-electron chi connectivity index (χ2n) is 5.39. The number of carbonyl (C=O) groups excluding carboxylic acids is 1. The van der Waals surface area contributed by atoms with Crippen molar-refractivity contribution in [3.8, 4) is 0 Å². The van der Waals surface area contributed by atoms with Crippen LogP contribution in [0.1, 0.15) is 38.2 Å². The fourth-order valence-corrected chi connectivity index (χ4v) is 2.31. The summed E-state index contributed by atoms with van der Waals surface area (Å²) in [6.45, 7) is 6.35. The molecular formula is C15H22N2O. The summed E-state index contributed by atoms with van der Waals surface area (Å²) in [6.07, 6.45) is 1.73. The molecule has 1 amide bonds. The van der Waals surface area contributed by atoms with Crippen LogP contribution >= 0.6 is 0 Å². The summed E-state index contributed by atoms with van der Waals surface area (Å²) >= 11 is 0. The standard InChI is InChI=1S/C15H22N2O/c1-11(2)13-3-5-14(6-4-13)17-15(18)9-12-7-8-16-10-12/h3-6,11-12,16H,7-10H2,1-2H3,(H,17,18). The third-order valence-corrected chi connectivity index (χ3v) is 3.50. The van der Waals surface area contributed by atoms with E-state index >= 15 is 0 Å². The zero-order valence-corrected chi connectivity index (χ0v) is 11.2. The molecule has 0 aliphatic carbocycles. The van der Waals surface area contributed by atoms with Gasteiger partial charge in [0.25, 0.3) is 0 Å². The van der Waals surface area contributed by atoms with Crippen molar-refractivity contribution < 1.29 is 4.79 Å². The Morgan fingerprint density at radius 1 is 1.39 bits per heavy atom. The largest absolute Gasteiger partial charge is 0.326 e. The minimum atomic E-state index is 0.126. The van der Waals surface area contributed by atoms with E-state index in [2.05, 4.69) is 36.6 Å². The maximum Gasteiger partial charge on any atom is 0.224 e. The van der Waals surface area contributed by atoms with E-state index in [0.717, 1.165) is 25.2 Å². The Bertz CT molecular complexity index is 391. The first-order valence-electron chi connectivity index (χ1n) is 6.75. The molecule has 2 rings (SSSR count). The van der Waals surface area contributed by atoms with E-state index in [1.54, 1.807) is 0 Å². The van der Waals surface area contributed by atoms with Crippen molar-refractivity contribution >= 4 is 11.6 Å². The third kappa shape index (κ3) is 3.57. The Balaban J connectivity index is 1.86. The summed E-state index contributed by atoms with van der Waals surface area (Å²) in [4.78, 5) is 11.8. The van der Waals surface area contributed by atoms with E-state index in [0.29, 0.717) is 18.3 Å². The van der Waals surface area contributed by atoms with E-state index in [4.69, 9.17) is 0 Å². The van der Waals surface area contributed by atoms with Gasteiger partial charge in [-0.15, -0.1) is 0 Å². The lowest BCUT2D eigenvalue weighted by Gasteiger charge is -2.10. The van der Waals surface area contributed by atoms with Crippen LogP contribution in [0, 0.1) is 5.92 Å². The van der Waals surface area contributed by atoms with Crippen molar-refractivity contribution in [2.45, 2.75) is 32.6 Å². The SMILES string of the molecule is CC(C)c1ccc(NC(=O)CC2CCNC2)cc1. The molecule has 0 radical (unpaired) electrons. The van der Waals surface area contributed by atoms with Gasteiger partial charge >= 0.3 is 0 Å². The van der Waals surface area contributed by atoms with Gasteiger partial charge in [-0.25, -0.2) is 0 Å². The predicted molar refractivity (Wildman–Crippen MR) is 74.8 cm³/mol. The monoisotopic (exact) mass is 246 g/mol. The molecule has 98 valence electrons. The quantitative estimate of drug-likeness (QED) is 0.857. The van der Waals surface area contributed by atoms with Crippen LogP contribution in [0.4, 0.5) is 5.69 Å². The first-order chi connectivity index (χ1) is 8.65. The average molecular weight is 246 g/mol. The summed E-state index contributed by atoms with van der Waals surface area (Å²) in [5, 5.41) is 6.25. The molecule has 0 aromatic heterocycles. The van der Waals surface area contributed by atoms with Crippen LogP contribution in [0.5, 0.6) is 0 Å². The predicted octanol–water partition coefficient (Wildman–Crippen LogP) is 2.75. The first kappa shape index (κ1) is 13.1. The lowest BCUT2D eigenvalue weighted by Crippen LogP contribution is -2.18. The van der Waals surface area contributed by atoms with Crippen LogP contribution in [0.25, 0.3) is 0 Å². The van der Waals surface area contributed by atoms with Gasteiger partial charge in [-0.3, -0.25) is 4.79 Å². The Morgan fingerprint density at radius 2 is 2.11 bits per heavy atom. The molecule has 1 fully saturated rings. The highest BCUT2D eigenvalue weighted by molar-refractivity contribution is 5.90. The normalized spacial score (nSPS) is 19.2. The highest BCUT2D eigenvalue weighted by Gasteiger charge is 2.17. The van der Waals surface area contributed by atoms with Gasteiger partial charge in [0.1, 0.15) is 0 Å². The first-order valence-corrected chi connectivity index (χ1v) is 6.75. The van der Waals surface area contributed by atoms with E-state index in [9.17, 15) is 4.79 Å². The minimum Gasteiger partial charge on any atom is -0.326 e. The summed E-state index contributed by atoms with van der Waals surface area (Å²) in [5.74, 6) is 1.15. The molecule has 18 heavy (non-hydrogen) atoms. The lowest BCUT2D eigenvalue weighted by molar-refractivity contribution is -0.116. The summed E-state index contributed by atoms with van der Waals surface area (Å²) < 4.78 is 0. The zero-order valence-electron chi connectivity index (χ0n) is 11.2. The van der Waals surface area contributed by atoms with Gasteiger partial charge in [-0.1, -0.05) is 26.0 Å². The van der Waals surface area contributed by atoms with Crippen LogP contribution in [0.2, 0.25) is 0 Å². The average Bonchev–Trinajstić information content (AvgIpc) is 2.82. The molecule has 1 saturated heterocycles. The Labute approximate surface area is 109 Å². The lowest BCUT2D eigenvalue weighted by atomic mass is 10.0. The molecule has 1 aromatic carbocycles. The van der Waals surface area contributed by atoms with E-state index < -0.39 is 0 Å². The van der Waals surface area contributed by atoms with Crippen molar-refractivity contribution in [3.63, 3.8) is 0 Å². The van der Waals surface area contributed by atoms with Crippen LogP contribution in [-0.2, 0) is 4.79 Å². The topological polar surface area (TPSA) is 41.1 Å². The number of carbonyl (C=O) groups is 1. The van der Waals surface area contributed by atoms with Crippen molar-refractivity contribution in [2.24, 2.45) is 5.92 Å². The van der Waals surface area contributed by atoms with E-state index in [-0.39, 0.29) is 5.91 Å². The maximum atomic E-state index is 11.8. The molecule has 1 aromatic rings. The number of nitrogens with one attached hydrogen (secondary N) is 2. The van der Waals surface area contributed by atoms with Gasteiger partial charge in [0.15, 0.2) is 0 Å². The molecular weight excluding hydrogens is 224 g/mol. The number of rotatable bonds is 4. The molecule has 0 bridgehead atoms. The van der Waals surface area contributed by atoms with Gasteiger partial charge in [0, 0.05) is 12.1 Å². The molecule has 1 unspecified atom stereocenters. The number of hydrogen-bond acceptors (Lipinski definition) is 2. The number of anilines is 1. The fraction of sp³-hybridized carbons (Fsp3) is 0.533. The highest BCUT2D eigenvalue weighted by atomic mass is 16.1. The zero-order chi connectivity index (χ0) is 13.0. The summed E-state index contributed by atoms with van der Waals surface area (Å²) in [7, 11) is 0. The molecule has 3 nitrogen and oxygen atoms in total. The van der Waals surface area contributed by atoms with E-state index in [1.165, 1.54) is 5.56 Å². The maximum absolute atomic E-state index is 11.8. The second kappa shape index (κ2) is 6.01. The van der Waals surface area contributed by atoms with Crippen LogP contribution < -0.4 is 10.6 Å². The second-order valence-corrected chi connectivity index (χ2v) is 5.39. The Hall–Kier alpha value is -1.35. The van der Waals surface area contributed by atoms with Crippen LogP contribution in [-0.4, -0.2) is 19.0 Å². The Kier molecular flexibility index (Phi) is 4.37. The van der Waals surface area contributed by atoms with E-state index in [1.807, 2.05) is 12.1 Å². The van der Waals surface area contributed by atoms with Gasteiger partial charge in [0.2, 0.25) is 5.91 Å². The van der Waals surface area contributed by atoms with Crippen molar-refractivity contribution in [2.75, 3.05) is 18.4 Å². The molecule has 3 heteroatoms. The molecule has 1 aliphatic heterocycles. The molecule has 2 N–H and O–H groups in total. The van der Waals surface area contributed by atoms with Crippen LogP contribution in [0.15, 0.2) is 24.3 Å². The van der Waals surface area contributed by atoms with Crippen molar-refractivity contribution in [1.29, 1.82) is 0 Å². The molecule has 1 atom stereocenters. The molecule has 1 aliphatic rings. The number of hydrogen-bond donors (Lipinski definition) is 2. The van der Waals surface area contributed by atoms with Gasteiger partial charge in [-0.2, -0.15) is 0 Å². The van der Waals surface area contributed by atoms with Crippen LogP contribution in [0.3, 0.4) is 0 Å². The summed E-state index contributed by atoms with van der Waals surface area (Å²) in [5.41, 5.74) is 2.20. The number of benzene rings is 1. The molecule has 1 heterocycles. The van der Waals surface area contributed by atoms with Gasteiger partial charge in [0.05, 0.1) is 0 Å². The number of amides is 1. The third-order valence-electron chi connectivity index (χ3n) is 3.50.